The number of piperidine rings is 1. The first-order valence-electron chi connectivity index (χ1n) is 7.78. The van der Waals surface area contributed by atoms with Crippen LogP contribution in [-0.2, 0) is 0 Å². The van der Waals surface area contributed by atoms with Gasteiger partial charge in [0.1, 0.15) is 0 Å². The van der Waals surface area contributed by atoms with E-state index in [1.807, 2.05) is 12.4 Å². The fourth-order valence-corrected chi connectivity index (χ4v) is 4.49. The Morgan fingerprint density at radius 3 is 2.75 bits per heavy atom. The predicted molar refractivity (Wildman–Crippen MR) is 87.6 cm³/mol. The number of aromatic nitrogens is 1. The van der Waals surface area contributed by atoms with Crippen molar-refractivity contribution in [1.29, 1.82) is 0 Å². The lowest BCUT2D eigenvalue weighted by atomic mass is 10.0. The zero-order valence-electron chi connectivity index (χ0n) is 12.3. The summed E-state index contributed by atoms with van der Waals surface area (Å²) in [6, 6.07) is 4.93. The SMILES string of the molecule is CC1(CNC2CCN(c3ccncc3)CC2)CCCS1. The lowest BCUT2D eigenvalue weighted by Crippen LogP contribution is -2.46. The van der Waals surface area contributed by atoms with Crippen LogP contribution >= 0.6 is 11.8 Å². The Balaban J connectivity index is 1.44. The summed E-state index contributed by atoms with van der Waals surface area (Å²) in [4.78, 5) is 6.57. The molecule has 2 saturated heterocycles. The molecule has 0 bridgehead atoms. The molecule has 3 rings (SSSR count). The predicted octanol–water partition coefficient (Wildman–Crippen LogP) is 2.93. The second-order valence-electron chi connectivity index (χ2n) is 6.25. The molecule has 2 fully saturated rings. The van der Waals surface area contributed by atoms with E-state index in [2.05, 4.69) is 46.0 Å². The summed E-state index contributed by atoms with van der Waals surface area (Å²) in [5.41, 5.74) is 1.32. The van der Waals surface area contributed by atoms with Gasteiger partial charge in [-0.15, -0.1) is 0 Å². The van der Waals surface area contributed by atoms with Crippen molar-refractivity contribution in [2.75, 3.05) is 30.3 Å². The number of nitrogens with one attached hydrogen (secondary N) is 1. The average Bonchev–Trinajstić information content (AvgIpc) is 2.94. The molecule has 3 nitrogen and oxygen atoms in total. The molecular weight excluding hydrogens is 266 g/mol. The van der Waals surface area contributed by atoms with Crippen molar-refractivity contribution >= 4 is 17.4 Å². The Kier molecular flexibility index (Phi) is 4.51. The molecule has 2 aliphatic heterocycles. The first-order valence-corrected chi connectivity index (χ1v) is 8.76. The van der Waals surface area contributed by atoms with E-state index in [4.69, 9.17) is 0 Å². The van der Waals surface area contributed by atoms with Gasteiger partial charge >= 0.3 is 0 Å². The number of nitrogens with zero attached hydrogens (tertiary/aromatic N) is 2. The molecule has 1 N–H and O–H groups in total. The van der Waals surface area contributed by atoms with Crippen LogP contribution < -0.4 is 10.2 Å². The highest BCUT2D eigenvalue weighted by Crippen LogP contribution is 2.37. The molecule has 0 spiro atoms. The Morgan fingerprint density at radius 2 is 2.10 bits per heavy atom. The van der Waals surface area contributed by atoms with Crippen molar-refractivity contribution in [1.82, 2.24) is 10.3 Å². The Labute approximate surface area is 126 Å². The van der Waals surface area contributed by atoms with Crippen LogP contribution in [0.2, 0.25) is 0 Å². The van der Waals surface area contributed by atoms with Crippen LogP contribution in [0, 0.1) is 0 Å². The zero-order chi connectivity index (χ0) is 13.8. The average molecular weight is 291 g/mol. The monoisotopic (exact) mass is 291 g/mol. The molecule has 1 atom stereocenters. The largest absolute Gasteiger partial charge is 0.371 e. The standard InChI is InChI=1S/C16H25N3S/c1-16(7-2-12-20-16)13-18-14-5-10-19(11-6-14)15-3-8-17-9-4-15/h3-4,8-9,14,18H,2,5-7,10-13H2,1H3. The van der Waals surface area contributed by atoms with Crippen LogP contribution in [0.4, 0.5) is 5.69 Å². The van der Waals surface area contributed by atoms with Gasteiger partial charge in [0.05, 0.1) is 0 Å². The lowest BCUT2D eigenvalue weighted by molar-refractivity contribution is 0.393. The van der Waals surface area contributed by atoms with E-state index >= 15 is 0 Å². The van der Waals surface area contributed by atoms with Crippen LogP contribution in [0.25, 0.3) is 0 Å². The summed E-state index contributed by atoms with van der Waals surface area (Å²) < 4.78 is 0.488. The highest BCUT2D eigenvalue weighted by atomic mass is 32.2. The number of hydrogen-bond acceptors (Lipinski definition) is 4. The van der Waals surface area contributed by atoms with Gasteiger partial charge < -0.3 is 10.2 Å². The van der Waals surface area contributed by atoms with Gasteiger partial charge in [-0.3, -0.25) is 4.98 Å². The fourth-order valence-electron chi connectivity index (χ4n) is 3.23. The van der Waals surface area contributed by atoms with Crippen molar-refractivity contribution in [2.24, 2.45) is 0 Å². The maximum atomic E-state index is 4.10. The first kappa shape index (κ1) is 14.2. The molecule has 20 heavy (non-hydrogen) atoms. The third kappa shape index (κ3) is 3.47. The normalized spacial score (nSPS) is 27.9. The molecule has 0 saturated carbocycles. The van der Waals surface area contributed by atoms with Crippen molar-refractivity contribution in [2.45, 2.75) is 43.4 Å². The third-order valence-corrected chi connectivity index (χ3v) is 6.13. The van der Waals surface area contributed by atoms with Crippen LogP contribution in [0.5, 0.6) is 0 Å². The summed E-state index contributed by atoms with van der Waals surface area (Å²) in [5.74, 6) is 1.35. The minimum Gasteiger partial charge on any atom is -0.371 e. The molecule has 0 aromatic carbocycles. The summed E-state index contributed by atoms with van der Waals surface area (Å²) in [5, 5.41) is 3.82. The second-order valence-corrected chi connectivity index (χ2v) is 7.93. The van der Waals surface area contributed by atoms with E-state index in [9.17, 15) is 0 Å². The fraction of sp³-hybridized carbons (Fsp3) is 0.688. The van der Waals surface area contributed by atoms with Gasteiger partial charge in [0, 0.05) is 48.5 Å². The Hall–Kier alpha value is -0.740. The molecule has 110 valence electrons. The molecule has 1 aromatic heterocycles. The third-order valence-electron chi connectivity index (χ3n) is 4.59. The molecule has 0 radical (unpaired) electrons. The number of thioether (sulfide) groups is 1. The molecule has 1 aromatic rings. The highest BCUT2D eigenvalue weighted by molar-refractivity contribution is 8.00. The minimum absolute atomic E-state index is 0.488. The van der Waals surface area contributed by atoms with Gasteiger partial charge in [0.25, 0.3) is 0 Å². The van der Waals surface area contributed by atoms with Crippen LogP contribution in [-0.4, -0.2) is 41.2 Å². The van der Waals surface area contributed by atoms with Crippen molar-refractivity contribution in [3.05, 3.63) is 24.5 Å². The van der Waals surface area contributed by atoms with Gasteiger partial charge in [0.2, 0.25) is 0 Å². The topological polar surface area (TPSA) is 28.2 Å². The number of pyridine rings is 1. The van der Waals surface area contributed by atoms with Crippen LogP contribution in [0.1, 0.15) is 32.6 Å². The van der Waals surface area contributed by atoms with E-state index in [1.54, 1.807) is 0 Å². The van der Waals surface area contributed by atoms with Gasteiger partial charge in [-0.1, -0.05) is 0 Å². The van der Waals surface area contributed by atoms with E-state index in [-0.39, 0.29) is 0 Å². The van der Waals surface area contributed by atoms with Gasteiger partial charge in [-0.25, -0.2) is 0 Å². The number of anilines is 1. The molecule has 1 unspecified atom stereocenters. The summed E-state index contributed by atoms with van der Waals surface area (Å²) in [6.45, 7) is 5.92. The number of rotatable bonds is 4. The van der Waals surface area contributed by atoms with Crippen molar-refractivity contribution in [3.63, 3.8) is 0 Å². The van der Waals surface area contributed by atoms with Gasteiger partial charge in [-0.2, -0.15) is 11.8 Å². The summed E-state index contributed by atoms with van der Waals surface area (Å²) >= 11 is 2.15. The maximum absolute atomic E-state index is 4.10. The maximum Gasteiger partial charge on any atom is 0.0397 e. The Morgan fingerprint density at radius 1 is 1.35 bits per heavy atom. The van der Waals surface area contributed by atoms with Crippen LogP contribution in [0.3, 0.4) is 0 Å². The molecule has 0 aliphatic carbocycles. The highest BCUT2D eigenvalue weighted by Gasteiger charge is 2.30. The smallest absolute Gasteiger partial charge is 0.0397 e. The molecule has 2 aliphatic rings. The summed E-state index contributed by atoms with van der Waals surface area (Å²) in [7, 11) is 0. The van der Waals surface area contributed by atoms with E-state index in [0.717, 1.165) is 13.1 Å². The molecule has 0 amide bonds. The summed E-state index contributed by atoms with van der Waals surface area (Å²) in [6.07, 6.45) is 9.05. The van der Waals surface area contributed by atoms with Gasteiger partial charge in [-0.05, 0) is 50.5 Å². The first-order chi connectivity index (χ1) is 9.75. The Bertz CT molecular complexity index is 409. The zero-order valence-corrected chi connectivity index (χ0v) is 13.2. The lowest BCUT2D eigenvalue weighted by Gasteiger charge is -2.35. The van der Waals surface area contributed by atoms with Crippen LogP contribution in [0.15, 0.2) is 24.5 Å². The number of hydrogen-bond donors (Lipinski definition) is 1. The second kappa shape index (κ2) is 6.35. The molecular formula is C16H25N3S. The van der Waals surface area contributed by atoms with Crippen molar-refractivity contribution < 1.29 is 0 Å². The minimum atomic E-state index is 0.488. The van der Waals surface area contributed by atoms with E-state index in [0.29, 0.717) is 10.8 Å². The quantitative estimate of drug-likeness (QED) is 0.923. The molecule has 3 heterocycles. The van der Waals surface area contributed by atoms with E-state index in [1.165, 1.54) is 43.7 Å². The molecule has 4 heteroatoms. The van der Waals surface area contributed by atoms with Gasteiger partial charge in [0.15, 0.2) is 0 Å². The van der Waals surface area contributed by atoms with Crippen molar-refractivity contribution in [3.8, 4) is 0 Å². The van der Waals surface area contributed by atoms with E-state index < -0.39 is 0 Å².